The number of amides is 1. The number of anilines is 1. The largest absolute Gasteiger partial charge is 0.338 e. The van der Waals surface area contributed by atoms with Crippen molar-refractivity contribution in [3.63, 3.8) is 0 Å². The van der Waals surface area contributed by atoms with Gasteiger partial charge >= 0.3 is 0 Å². The third kappa shape index (κ3) is 2.48. The molecular weight excluding hydrogens is 498 g/mol. The van der Waals surface area contributed by atoms with Crippen LogP contribution in [0.4, 0.5) is 5.69 Å². The Labute approximate surface area is 147 Å². The molecule has 0 radical (unpaired) electrons. The second-order valence-electron chi connectivity index (χ2n) is 4.31. The Balaban J connectivity index is 2.02. The molecule has 20 heavy (non-hydrogen) atoms. The Hall–Kier alpha value is -0.610. The molecule has 1 N–H and O–H groups in total. The average molecular weight is 508 g/mol. The minimum absolute atomic E-state index is 0.0680. The van der Waals surface area contributed by atoms with Crippen molar-refractivity contribution in [2.75, 3.05) is 5.32 Å². The number of rotatable bonds is 2. The number of aromatic nitrogens is 1. The highest BCUT2D eigenvalue weighted by atomic mass is 127. The van der Waals surface area contributed by atoms with Crippen LogP contribution in [0.15, 0.2) is 36.4 Å². The van der Waals surface area contributed by atoms with E-state index in [2.05, 4.69) is 56.6 Å². The van der Waals surface area contributed by atoms with Crippen LogP contribution in [0.5, 0.6) is 0 Å². The highest BCUT2D eigenvalue weighted by Crippen LogP contribution is 2.34. The van der Waals surface area contributed by atoms with E-state index in [1.54, 1.807) is 11.3 Å². The van der Waals surface area contributed by atoms with Gasteiger partial charge in [0, 0.05) is 12.7 Å². The zero-order chi connectivity index (χ0) is 14.3. The Kier molecular flexibility index (Phi) is 4.04. The molecule has 3 rings (SSSR count). The van der Waals surface area contributed by atoms with Gasteiger partial charge in [0.05, 0.1) is 16.7 Å². The van der Waals surface area contributed by atoms with Gasteiger partial charge in [-0.2, -0.15) is 0 Å². The van der Waals surface area contributed by atoms with E-state index >= 15 is 0 Å². The third-order valence-corrected chi connectivity index (χ3v) is 6.35. The first kappa shape index (κ1) is 14.3. The summed E-state index contributed by atoms with van der Waals surface area (Å²) in [5.74, 6) is -0.0680. The average Bonchev–Trinajstić information content (AvgIpc) is 2.90. The lowest BCUT2D eigenvalue weighted by Gasteiger charge is -2.07. The quantitative estimate of drug-likeness (QED) is 0.501. The van der Waals surface area contributed by atoms with E-state index in [9.17, 15) is 4.79 Å². The van der Waals surface area contributed by atoms with Gasteiger partial charge < -0.3 is 9.88 Å². The summed E-state index contributed by atoms with van der Waals surface area (Å²) in [6, 6.07) is 11.6. The fraction of sp³-hybridized carbons (Fsp3) is 0.0714. The van der Waals surface area contributed by atoms with E-state index in [1.807, 2.05) is 41.9 Å². The van der Waals surface area contributed by atoms with Crippen molar-refractivity contribution in [1.82, 2.24) is 4.57 Å². The summed E-state index contributed by atoms with van der Waals surface area (Å²) in [5.41, 5.74) is 2.64. The molecule has 0 aliphatic rings. The molecule has 3 nitrogen and oxygen atoms in total. The summed E-state index contributed by atoms with van der Waals surface area (Å²) < 4.78 is 5.39. The number of thiophene rings is 1. The van der Waals surface area contributed by atoms with Crippen LogP contribution in [-0.2, 0) is 7.05 Å². The molecule has 102 valence electrons. The minimum Gasteiger partial charge on any atom is -0.338 e. The van der Waals surface area contributed by atoms with Crippen LogP contribution in [-0.4, -0.2) is 10.5 Å². The normalized spacial score (nSPS) is 10.9. The lowest BCUT2D eigenvalue weighted by molar-refractivity contribution is 0.101. The molecule has 1 aromatic carbocycles. The Bertz CT molecular complexity index is 755. The van der Waals surface area contributed by atoms with Gasteiger partial charge in [0.15, 0.2) is 0 Å². The minimum atomic E-state index is -0.0680. The molecule has 0 atom stereocenters. The van der Waals surface area contributed by atoms with Crippen molar-refractivity contribution >= 4 is 78.3 Å². The predicted molar refractivity (Wildman–Crippen MR) is 101 cm³/mol. The van der Waals surface area contributed by atoms with Crippen molar-refractivity contribution in [1.29, 1.82) is 0 Å². The second kappa shape index (κ2) is 5.64. The second-order valence-corrected chi connectivity index (χ2v) is 8.33. The molecule has 0 aliphatic heterocycles. The molecule has 1 amide bonds. The highest BCUT2D eigenvalue weighted by Gasteiger charge is 2.21. The maximum Gasteiger partial charge on any atom is 0.273 e. The first-order valence-electron chi connectivity index (χ1n) is 5.87. The monoisotopic (exact) mass is 508 g/mol. The fourth-order valence-electron chi connectivity index (χ4n) is 2.10. The van der Waals surface area contributed by atoms with E-state index < -0.39 is 0 Å². The van der Waals surface area contributed by atoms with Crippen LogP contribution in [0, 0.1) is 6.45 Å². The number of carbonyl (C=O) groups excluding carboxylic acids is 1. The van der Waals surface area contributed by atoms with Gasteiger partial charge in [0.2, 0.25) is 0 Å². The summed E-state index contributed by atoms with van der Waals surface area (Å²) in [7, 11) is 1.94. The van der Waals surface area contributed by atoms with E-state index in [4.69, 9.17) is 0 Å². The van der Waals surface area contributed by atoms with E-state index in [0.717, 1.165) is 14.8 Å². The van der Waals surface area contributed by atoms with Crippen molar-refractivity contribution in [2.45, 2.75) is 0 Å². The van der Waals surface area contributed by atoms with Crippen molar-refractivity contribution in [3.8, 4) is 0 Å². The van der Waals surface area contributed by atoms with Gasteiger partial charge in [-0.25, -0.2) is 0 Å². The third-order valence-electron chi connectivity index (χ3n) is 3.03. The van der Waals surface area contributed by atoms with Gasteiger partial charge in [-0.05, 0) is 63.4 Å². The number of halogens is 2. The van der Waals surface area contributed by atoms with E-state index in [0.29, 0.717) is 5.69 Å². The molecule has 2 heterocycles. The van der Waals surface area contributed by atoms with E-state index in [-0.39, 0.29) is 5.91 Å². The summed E-state index contributed by atoms with van der Waals surface area (Å²) in [6.07, 6.45) is 0. The van der Waals surface area contributed by atoms with Gasteiger partial charge in [-0.15, -0.1) is 11.3 Å². The molecule has 0 fully saturated rings. The number of hydrogen-bond acceptors (Lipinski definition) is 2. The summed E-state index contributed by atoms with van der Waals surface area (Å²) in [4.78, 5) is 12.5. The first-order chi connectivity index (χ1) is 9.58. The molecule has 0 saturated heterocycles. The maximum atomic E-state index is 12.5. The predicted octanol–water partition coefficient (Wildman–Crippen LogP) is 4.70. The van der Waals surface area contributed by atoms with Gasteiger partial charge in [-0.3, -0.25) is 4.79 Å². The molecule has 0 aliphatic carbocycles. The van der Waals surface area contributed by atoms with Gasteiger partial charge in [0.1, 0.15) is 5.69 Å². The molecule has 0 unspecified atom stereocenters. The van der Waals surface area contributed by atoms with Crippen LogP contribution in [0.25, 0.3) is 10.2 Å². The molecule has 3 aromatic rings. The van der Waals surface area contributed by atoms with Crippen molar-refractivity contribution in [2.24, 2.45) is 7.05 Å². The highest BCUT2D eigenvalue weighted by molar-refractivity contribution is 14.1. The van der Waals surface area contributed by atoms with E-state index in [1.165, 1.54) is 7.58 Å². The molecule has 6 heteroatoms. The molecule has 0 spiro atoms. The van der Waals surface area contributed by atoms with Crippen LogP contribution in [0.3, 0.4) is 0 Å². The number of carbonyl (C=O) groups is 1. The van der Waals surface area contributed by atoms with Crippen LogP contribution in [0.2, 0.25) is 0 Å². The van der Waals surface area contributed by atoms with Crippen LogP contribution < -0.4 is 5.32 Å². The summed E-state index contributed by atoms with van der Waals surface area (Å²) in [6.45, 7) is 0. The van der Waals surface area contributed by atoms with Gasteiger partial charge in [-0.1, -0.05) is 18.2 Å². The molecule has 2 aromatic heterocycles. The zero-order valence-electron chi connectivity index (χ0n) is 10.5. The van der Waals surface area contributed by atoms with Crippen molar-refractivity contribution in [3.05, 3.63) is 48.5 Å². The lowest BCUT2D eigenvalue weighted by atomic mass is 10.3. The summed E-state index contributed by atoms with van der Waals surface area (Å²) >= 11 is 6.28. The molecular formula is C14H10I2N2OS. The van der Waals surface area contributed by atoms with Crippen LogP contribution >= 0.6 is 56.5 Å². The summed E-state index contributed by atoms with van der Waals surface area (Å²) in [5, 5.41) is 2.94. The molecule has 0 bridgehead atoms. The topological polar surface area (TPSA) is 34.0 Å². The van der Waals surface area contributed by atoms with Gasteiger partial charge in [0.25, 0.3) is 5.91 Å². The number of hydrogen-bond donors (Lipinski definition) is 1. The number of aryl methyl sites for hydroxylation is 1. The SMILES string of the molecule is Cn1c(C(=O)Nc2ccccc2)c(I)c2sc(I)cc21. The fourth-order valence-corrected chi connectivity index (χ4v) is 5.12. The maximum absolute atomic E-state index is 12.5. The Morgan fingerprint density at radius 1 is 1.25 bits per heavy atom. The zero-order valence-corrected chi connectivity index (χ0v) is 15.6. The number of para-hydroxylation sites is 1. The molecule has 0 saturated carbocycles. The smallest absolute Gasteiger partial charge is 0.273 e. The number of fused-ring (bicyclic) bond motifs is 1. The Morgan fingerprint density at radius 2 is 1.95 bits per heavy atom. The standard InChI is InChI=1S/C14H10I2N2OS/c1-18-9-7-10(15)20-13(9)11(16)12(18)14(19)17-8-5-3-2-4-6-8/h2-7H,1H3,(H,17,19). The number of benzene rings is 1. The first-order valence-corrected chi connectivity index (χ1v) is 8.85. The van der Waals surface area contributed by atoms with Crippen molar-refractivity contribution < 1.29 is 4.79 Å². The van der Waals surface area contributed by atoms with Crippen LogP contribution in [0.1, 0.15) is 10.5 Å². The number of nitrogens with one attached hydrogen (secondary N) is 1. The number of nitrogens with zero attached hydrogens (tertiary/aromatic N) is 1. The Morgan fingerprint density at radius 3 is 2.60 bits per heavy atom. The lowest BCUT2D eigenvalue weighted by Crippen LogP contribution is -2.16.